The van der Waals surface area contributed by atoms with E-state index in [4.69, 9.17) is 0 Å². The first-order chi connectivity index (χ1) is 11.5. The third kappa shape index (κ3) is 3.51. The van der Waals surface area contributed by atoms with E-state index in [0.29, 0.717) is 11.4 Å². The molecule has 7 heteroatoms. The first-order valence-electron chi connectivity index (χ1n) is 7.59. The van der Waals surface area contributed by atoms with Crippen molar-refractivity contribution in [1.29, 1.82) is 0 Å². The molecule has 0 saturated heterocycles. The summed E-state index contributed by atoms with van der Waals surface area (Å²) in [5.74, 6) is 0.00851. The Hall–Kier alpha value is -2.96. The van der Waals surface area contributed by atoms with Crippen molar-refractivity contribution in [1.82, 2.24) is 19.6 Å². The minimum Gasteiger partial charge on any atom is -0.309 e. The van der Waals surface area contributed by atoms with E-state index in [2.05, 4.69) is 15.5 Å². The van der Waals surface area contributed by atoms with Gasteiger partial charge in [-0.25, -0.2) is 9.07 Å². The maximum atomic E-state index is 13.8. The molecule has 0 saturated carbocycles. The largest absolute Gasteiger partial charge is 0.309 e. The zero-order valence-corrected chi connectivity index (χ0v) is 13.5. The lowest BCUT2D eigenvalue weighted by Gasteiger charge is -2.10. The number of nitrogens with one attached hydrogen (secondary N) is 1. The molecule has 0 bridgehead atoms. The molecule has 24 heavy (non-hydrogen) atoms. The first kappa shape index (κ1) is 15.9. The molecule has 0 aliphatic rings. The zero-order chi connectivity index (χ0) is 17.1. The number of carbonyl (C=O) groups excluding carboxylic acids is 1. The molecule has 6 nitrogen and oxygen atoms in total. The third-order valence-corrected chi connectivity index (χ3v) is 3.66. The molecule has 0 radical (unpaired) electrons. The van der Waals surface area contributed by atoms with Gasteiger partial charge in [-0.1, -0.05) is 18.2 Å². The summed E-state index contributed by atoms with van der Waals surface area (Å²) in [6.07, 6.45) is 1.57. The Kier molecular flexibility index (Phi) is 4.41. The number of nitrogens with zero attached hydrogens (tertiary/aromatic N) is 4. The Balaban J connectivity index is 1.70. The quantitative estimate of drug-likeness (QED) is 0.783. The highest BCUT2D eigenvalue weighted by atomic mass is 19.1. The van der Waals surface area contributed by atoms with Crippen LogP contribution in [0.5, 0.6) is 0 Å². The minimum absolute atomic E-state index is 0.116. The van der Waals surface area contributed by atoms with Gasteiger partial charge in [0.25, 0.3) is 0 Å². The summed E-state index contributed by atoms with van der Waals surface area (Å²) in [5, 5.41) is 11.2. The van der Waals surface area contributed by atoms with Gasteiger partial charge in [-0.2, -0.15) is 10.2 Å². The number of aromatic nitrogens is 4. The SMILES string of the molecule is Cc1cc(C)n(CC(=O)Nc2ccnn2Cc2ccccc2F)n1. The summed E-state index contributed by atoms with van der Waals surface area (Å²) in [6.45, 7) is 4.14. The fraction of sp³-hybridized carbons (Fsp3) is 0.235. The number of hydrogen-bond donors (Lipinski definition) is 1. The first-order valence-corrected chi connectivity index (χ1v) is 7.59. The van der Waals surface area contributed by atoms with Gasteiger partial charge in [-0.3, -0.25) is 9.48 Å². The van der Waals surface area contributed by atoms with Crippen LogP contribution in [0.1, 0.15) is 17.0 Å². The molecular weight excluding hydrogens is 309 g/mol. The van der Waals surface area contributed by atoms with Gasteiger partial charge < -0.3 is 5.32 Å². The minimum atomic E-state index is -0.298. The van der Waals surface area contributed by atoms with Gasteiger partial charge in [-0.15, -0.1) is 0 Å². The van der Waals surface area contributed by atoms with Crippen LogP contribution in [-0.4, -0.2) is 25.5 Å². The van der Waals surface area contributed by atoms with Crippen LogP contribution in [-0.2, 0) is 17.9 Å². The van der Waals surface area contributed by atoms with Crippen LogP contribution in [0, 0.1) is 19.7 Å². The molecule has 2 heterocycles. The Morgan fingerprint density at radius 3 is 2.71 bits per heavy atom. The molecule has 3 rings (SSSR count). The lowest BCUT2D eigenvalue weighted by molar-refractivity contribution is -0.117. The van der Waals surface area contributed by atoms with Crippen molar-refractivity contribution in [2.45, 2.75) is 26.9 Å². The predicted octanol–water partition coefficient (Wildman–Crippen LogP) is 2.52. The topological polar surface area (TPSA) is 64.7 Å². The van der Waals surface area contributed by atoms with Gasteiger partial charge in [0.2, 0.25) is 5.91 Å². The Morgan fingerprint density at radius 2 is 2.00 bits per heavy atom. The lowest BCUT2D eigenvalue weighted by atomic mass is 10.2. The number of rotatable bonds is 5. The van der Waals surface area contributed by atoms with Crippen molar-refractivity contribution in [3.63, 3.8) is 0 Å². The van der Waals surface area contributed by atoms with Crippen molar-refractivity contribution in [2.24, 2.45) is 0 Å². The number of anilines is 1. The summed E-state index contributed by atoms with van der Waals surface area (Å²) in [7, 11) is 0. The highest BCUT2D eigenvalue weighted by Gasteiger charge is 2.11. The molecule has 3 aromatic rings. The molecule has 1 aromatic carbocycles. The van der Waals surface area contributed by atoms with E-state index in [1.165, 1.54) is 6.07 Å². The highest BCUT2D eigenvalue weighted by molar-refractivity contribution is 5.89. The van der Waals surface area contributed by atoms with Gasteiger partial charge >= 0.3 is 0 Å². The second kappa shape index (κ2) is 6.66. The molecule has 1 N–H and O–H groups in total. The molecule has 0 aliphatic heterocycles. The average Bonchev–Trinajstić information content (AvgIpc) is 3.08. The fourth-order valence-electron chi connectivity index (χ4n) is 2.51. The van der Waals surface area contributed by atoms with Crippen LogP contribution in [0.2, 0.25) is 0 Å². The van der Waals surface area contributed by atoms with Crippen LogP contribution < -0.4 is 5.32 Å². The van der Waals surface area contributed by atoms with E-state index in [0.717, 1.165) is 11.4 Å². The summed E-state index contributed by atoms with van der Waals surface area (Å²) in [6, 6.07) is 10.1. The van der Waals surface area contributed by atoms with E-state index in [-0.39, 0.29) is 24.8 Å². The van der Waals surface area contributed by atoms with Crippen molar-refractivity contribution in [2.75, 3.05) is 5.32 Å². The summed E-state index contributed by atoms with van der Waals surface area (Å²) >= 11 is 0. The van der Waals surface area contributed by atoms with E-state index < -0.39 is 0 Å². The summed E-state index contributed by atoms with van der Waals surface area (Å²) < 4.78 is 17.0. The van der Waals surface area contributed by atoms with Crippen molar-refractivity contribution in [3.8, 4) is 0 Å². The number of hydrogen-bond acceptors (Lipinski definition) is 3. The number of amides is 1. The number of carbonyl (C=O) groups is 1. The van der Waals surface area contributed by atoms with Gasteiger partial charge in [0.05, 0.1) is 18.4 Å². The number of halogens is 1. The molecule has 1 amide bonds. The molecule has 0 atom stereocenters. The van der Waals surface area contributed by atoms with Crippen molar-refractivity contribution in [3.05, 3.63) is 65.4 Å². The Labute approximate surface area is 138 Å². The average molecular weight is 327 g/mol. The van der Waals surface area contributed by atoms with Crippen LogP contribution in [0.4, 0.5) is 10.2 Å². The van der Waals surface area contributed by atoms with Gasteiger partial charge in [-0.05, 0) is 26.0 Å². The second-order valence-electron chi connectivity index (χ2n) is 5.60. The van der Waals surface area contributed by atoms with E-state index in [9.17, 15) is 9.18 Å². The van der Waals surface area contributed by atoms with Gasteiger partial charge in [0, 0.05) is 17.3 Å². The molecular formula is C17H18FN5O. The zero-order valence-electron chi connectivity index (χ0n) is 13.5. The van der Waals surface area contributed by atoms with Gasteiger partial charge in [0.15, 0.2) is 0 Å². The monoisotopic (exact) mass is 327 g/mol. The Bertz CT molecular complexity index is 868. The van der Waals surface area contributed by atoms with Crippen LogP contribution in [0.3, 0.4) is 0 Å². The molecule has 124 valence electrons. The van der Waals surface area contributed by atoms with Crippen LogP contribution >= 0.6 is 0 Å². The maximum absolute atomic E-state index is 13.8. The third-order valence-electron chi connectivity index (χ3n) is 3.66. The van der Waals surface area contributed by atoms with Crippen molar-refractivity contribution >= 4 is 11.7 Å². The van der Waals surface area contributed by atoms with Crippen LogP contribution in [0.15, 0.2) is 42.6 Å². The predicted molar refractivity (Wildman–Crippen MR) is 88.1 cm³/mol. The maximum Gasteiger partial charge on any atom is 0.247 e. The number of benzene rings is 1. The molecule has 0 aliphatic carbocycles. The molecule has 0 fully saturated rings. The van der Waals surface area contributed by atoms with E-state index in [1.807, 2.05) is 19.9 Å². The normalized spacial score (nSPS) is 10.8. The van der Waals surface area contributed by atoms with Gasteiger partial charge in [0.1, 0.15) is 18.2 Å². The summed E-state index contributed by atoms with van der Waals surface area (Å²) in [4.78, 5) is 12.2. The lowest BCUT2D eigenvalue weighted by Crippen LogP contribution is -2.22. The standard InChI is InChI=1S/C17H18FN5O/c1-12-9-13(2)22(21-12)11-17(24)20-16-7-8-19-23(16)10-14-5-3-4-6-15(14)18/h3-9H,10-11H2,1-2H3,(H,20,24). The van der Waals surface area contributed by atoms with Crippen LogP contribution in [0.25, 0.3) is 0 Å². The molecule has 0 unspecified atom stereocenters. The molecule has 0 spiro atoms. The van der Waals surface area contributed by atoms with E-state index in [1.54, 1.807) is 39.8 Å². The number of aryl methyl sites for hydroxylation is 2. The fourth-order valence-corrected chi connectivity index (χ4v) is 2.51. The molecule has 2 aromatic heterocycles. The Morgan fingerprint density at radius 1 is 1.21 bits per heavy atom. The van der Waals surface area contributed by atoms with Crippen molar-refractivity contribution < 1.29 is 9.18 Å². The van der Waals surface area contributed by atoms with E-state index >= 15 is 0 Å². The second-order valence-corrected chi connectivity index (χ2v) is 5.60. The summed E-state index contributed by atoms with van der Waals surface area (Å²) in [5.41, 5.74) is 2.29. The smallest absolute Gasteiger partial charge is 0.247 e. The highest BCUT2D eigenvalue weighted by Crippen LogP contribution is 2.13.